The normalized spacial score (nSPS) is 13.4. The van der Waals surface area contributed by atoms with Gasteiger partial charge in [0.05, 0.1) is 28.0 Å². The van der Waals surface area contributed by atoms with E-state index in [0.29, 0.717) is 11.6 Å². The molecule has 8 rings (SSSR count). The summed E-state index contributed by atoms with van der Waals surface area (Å²) in [6.07, 6.45) is 4.13. The molecule has 5 heterocycles. The van der Waals surface area contributed by atoms with E-state index in [1.54, 1.807) is 0 Å². The third kappa shape index (κ3) is 5.32. The molecule has 0 amide bonds. The molecule has 0 spiro atoms. The van der Waals surface area contributed by atoms with Crippen molar-refractivity contribution in [2.75, 3.05) is 0 Å². The average Bonchev–Trinajstić information content (AvgIpc) is 3.61. The van der Waals surface area contributed by atoms with Crippen molar-refractivity contribution in [3.8, 4) is 22.6 Å². The Morgan fingerprint density at radius 3 is 2.49 bits per heavy atom. The van der Waals surface area contributed by atoms with E-state index in [0.717, 1.165) is 50.2 Å². The second kappa shape index (κ2) is 11.8. The van der Waals surface area contributed by atoms with Gasteiger partial charge in [0.25, 0.3) is 0 Å². The predicted octanol–water partition coefficient (Wildman–Crippen LogP) is 9.93. The first kappa shape index (κ1) is 30.6. The van der Waals surface area contributed by atoms with E-state index < -0.39 is 0 Å². The number of furan rings is 1. The molecule has 0 saturated heterocycles. The molecule has 6 heteroatoms. The zero-order chi connectivity index (χ0) is 30.6. The molecule has 5 nitrogen and oxygen atoms in total. The minimum atomic E-state index is -0.0812. The number of nitrogens with zero attached hydrogens (tertiary/aromatic N) is 4. The number of rotatable bonds is 3. The van der Waals surface area contributed by atoms with E-state index in [1.807, 2.05) is 49.5 Å². The van der Waals surface area contributed by atoms with Crippen LogP contribution in [0.3, 0.4) is 0 Å². The number of pyridine rings is 2. The molecule has 0 aliphatic carbocycles. The Labute approximate surface area is 277 Å². The zero-order valence-electron chi connectivity index (χ0n) is 26.3. The van der Waals surface area contributed by atoms with Crippen molar-refractivity contribution >= 4 is 39.2 Å². The first-order valence-electron chi connectivity index (χ1n) is 15.1. The fourth-order valence-electron chi connectivity index (χ4n) is 5.96. The summed E-state index contributed by atoms with van der Waals surface area (Å²) in [6.45, 7) is 13.0. The number of imidazole rings is 1. The number of para-hydroxylation sites is 1. The second-order valence-electron chi connectivity index (χ2n) is 12.3. The maximum Gasteiger partial charge on any atom is 0.216 e. The maximum absolute atomic E-state index is 6.04. The summed E-state index contributed by atoms with van der Waals surface area (Å²) in [5.41, 5.74) is 11.3. The predicted molar refractivity (Wildman–Crippen MR) is 179 cm³/mol. The van der Waals surface area contributed by atoms with Crippen LogP contribution in [0.15, 0.2) is 95.0 Å². The Balaban J connectivity index is 0.000000156. The van der Waals surface area contributed by atoms with Gasteiger partial charge in [0, 0.05) is 37.4 Å². The van der Waals surface area contributed by atoms with Crippen LogP contribution in [0.5, 0.6) is 0 Å². The van der Waals surface area contributed by atoms with Crippen LogP contribution in [-0.4, -0.2) is 19.5 Å². The van der Waals surface area contributed by atoms with Crippen LogP contribution in [0.4, 0.5) is 0 Å². The molecule has 0 bridgehead atoms. The molecular formula is C39H34IrN4O-2. The third-order valence-electron chi connectivity index (χ3n) is 8.70. The summed E-state index contributed by atoms with van der Waals surface area (Å²) in [7, 11) is 0. The molecule has 4 aromatic heterocycles. The molecule has 0 N–H and O–H groups in total. The summed E-state index contributed by atoms with van der Waals surface area (Å²) >= 11 is 0. The standard InChI is InChI=1S/C20H17N2O.C19H17N2.Ir/c1-12(2)14-9-10-21-18(11-14)17-6-4-5-15-16-8-7-13(3)22-20(16)23-19(15)17;1-13-12-15-10-7-11-16-17(15)21(19(13,2)3)18(20-16)14-8-5-4-6-9-14;/h4-5,7-12H,1-3H3;4-8,10-12H,1-3H3;/q2*-1;. The van der Waals surface area contributed by atoms with Gasteiger partial charge in [0.15, 0.2) is 0 Å². The van der Waals surface area contributed by atoms with Crippen LogP contribution in [0, 0.1) is 19.1 Å². The summed E-state index contributed by atoms with van der Waals surface area (Å²) in [5, 5.41) is 2.08. The van der Waals surface area contributed by atoms with Gasteiger partial charge >= 0.3 is 0 Å². The molecule has 1 aliphatic rings. The van der Waals surface area contributed by atoms with E-state index >= 15 is 0 Å². The molecule has 227 valence electrons. The van der Waals surface area contributed by atoms with Crippen molar-refractivity contribution in [2.24, 2.45) is 0 Å². The second-order valence-corrected chi connectivity index (χ2v) is 12.3. The van der Waals surface area contributed by atoms with Gasteiger partial charge in [-0.05, 0) is 74.7 Å². The largest absolute Gasteiger partial charge is 0.486 e. The molecule has 0 fully saturated rings. The summed E-state index contributed by atoms with van der Waals surface area (Å²) in [5.74, 6) is 1.45. The van der Waals surface area contributed by atoms with Gasteiger partial charge in [-0.3, -0.25) is 4.98 Å². The monoisotopic (exact) mass is 767 g/mol. The number of hydrogen-bond acceptors (Lipinski definition) is 4. The van der Waals surface area contributed by atoms with Crippen molar-refractivity contribution in [3.63, 3.8) is 0 Å². The molecule has 3 aromatic carbocycles. The Hall–Kier alpha value is -4.38. The van der Waals surface area contributed by atoms with E-state index in [1.165, 1.54) is 22.2 Å². The van der Waals surface area contributed by atoms with Crippen molar-refractivity contribution in [1.29, 1.82) is 0 Å². The molecule has 1 radical (unpaired) electrons. The summed E-state index contributed by atoms with van der Waals surface area (Å²) < 4.78 is 8.40. The van der Waals surface area contributed by atoms with Gasteiger partial charge in [0.1, 0.15) is 0 Å². The van der Waals surface area contributed by atoms with Gasteiger partial charge in [-0.25, -0.2) is 4.98 Å². The molecular weight excluding hydrogens is 733 g/mol. The van der Waals surface area contributed by atoms with E-state index in [4.69, 9.17) is 9.40 Å². The van der Waals surface area contributed by atoms with Crippen molar-refractivity contribution in [2.45, 2.75) is 53.0 Å². The van der Waals surface area contributed by atoms with E-state index in [2.05, 4.69) is 110 Å². The summed E-state index contributed by atoms with van der Waals surface area (Å²) in [6, 6.07) is 33.2. The van der Waals surface area contributed by atoms with E-state index in [9.17, 15) is 0 Å². The molecule has 45 heavy (non-hydrogen) atoms. The van der Waals surface area contributed by atoms with Crippen molar-refractivity contribution in [3.05, 3.63) is 120 Å². The topological polar surface area (TPSA) is 56.7 Å². The quantitative estimate of drug-likeness (QED) is 0.168. The third-order valence-corrected chi connectivity index (χ3v) is 8.70. The smallest absolute Gasteiger partial charge is 0.216 e. The zero-order valence-corrected chi connectivity index (χ0v) is 28.7. The van der Waals surface area contributed by atoms with Gasteiger partial charge in [-0.2, -0.15) is 0 Å². The van der Waals surface area contributed by atoms with Gasteiger partial charge in [-0.15, -0.1) is 54.1 Å². The van der Waals surface area contributed by atoms with Crippen LogP contribution in [0.2, 0.25) is 0 Å². The number of aryl methyl sites for hydroxylation is 1. The summed E-state index contributed by atoms with van der Waals surface area (Å²) in [4.78, 5) is 13.9. The molecule has 0 unspecified atom stereocenters. The van der Waals surface area contributed by atoms with Crippen LogP contribution in [0.25, 0.3) is 61.8 Å². The fraction of sp³-hybridized carbons (Fsp3) is 0.205. The number of hydrogen-bond donors (Lipinski definition) is 0. The van der Waals surface area contributed by atoms with Crippen LogP contribution in [0.1, 0.15) is 57.4 Å². The average molecular weight is 767 g/mol. The number of allylic oxidation sites excluding steroid dienone is 1. The van der Waals surface area contributed by atoms with Crippen molar-refractivity contribution in [1.82, 2.24) is 19.5 Å². The Bertz CT molecular complexity index is 2210. The molecule has 0 saturated carbocycles. The molecule has 0 atom stereocenters. The fourth-order valence-corrected chi connectivity index (χ4v) is 5.96. The van der Waals surface area contributed by atoms with Gasteiger partial charge < -0.3 is 14.0 Å². The van der Waals surface area contributed by atoms with Gasteiger partial charge in [0.2, 0.25) is 5.71 Å². The maximum atomic E-state index is 6.04. The van der Waals surface area contributed by atoms with Crippen molar-refractivity contribution < 1.29 is 24.5 Å². The SMILES string of the molecule is CC1=Cc2cccc3nc(-c4[c-]cccc4)n(c23)C1(C)C.Cc1ccc2c(n1)oc1c(-c3cc(C(C)C)ccn3)[c-]ccc12.[Ir]. The number of fused-ring (bicyclic) bond motifs is 3. The Kier molecular flexibility index (Phi) is 8.07. The number of benzene rings is 3. The Morgan fingerprint density at radius 2 is 1.71 bits per heavy atom. The van der Waals surface area contributed by atoms with E-state index in [-0.39, 0.29) is 25.6 Å². The first-order chi connectivity index (χ1) is 21.2. The Morgan fingerprint density at radius 1 is 0.867 bits per heavy atom. The molecule has 7 aromatic rings. The van der Waals surface area contributed by atoms with Crippen LogP contribution < -0.4 is 0 Å². The van der Waals surface area contributed by atoms with Crippen LogP contribution >= 0.6 is 0 Å². The number of aromatic nitrogens is 4. The molecule has 1 aliphatic heterocycles. The van der Waals surface area contributed by atoms with Gasteiger partial charge in [-0.1, -0.05) is 54.6 Å². The first-order valence-corrected chi connectivity index (χ1v) is 15.1. The van der Waals surface area contributed by atoms with Crippen LogP contribution in [-0.2, 0) is 25.6 Å². The minimum Gasteiger partial charge on any atom is -0.486 e. The minimum absolute atomic E-state index is 0.